The summed E-state index contributed by atoms with van der Waals surface area (Å²) >= 11 is 6.54. The molecular weight excluding hydrogens is 340 g/mol. The molecule has 3 nitrogen and oxygen atoms in total. The molecule has 0 unspecified atom stereocenters. The van der Waals surface area contributed by atoms with Gasteiger partial charge in [-0.15, -0.1) is 0 Å². The molecule has 0 heterocycles. The molecule has 1 aromatic carbocycles. The number of carbonyl (C=O) groups excluding carboxylic acids is 2. The molecule has 0 N–H and O–H groups in total. The highest BCUT2D eigenvalue weighted by Gasteiger charge is 2.15. The van der Waals surface area contributed by atoms with E-state index in [4.69, 9.17) is 4.74 Å². The minimum absolute atomic E-state index is 0.233. The smallest absolute Gasteiger partial charge is 0.313 e. The number of halogens is 2. The van der Waals surface area contributed by atoms with E-state index in [9.17, 15) is 9.59 Å². The van der Waals surface area contributed by atoms with E-state index in [0.29, 0.717) is 10.0 Å². The maximum absolute atomic E-state index is 11.8. The minimum atomic E-state index is -0.501. The average Bonchev–Trinajstić information content (AvgIpc) is 2.21. The topological polar surface area (TPSA) is 43.4 Å². The Kier molecular flexibility index (Phi) is 5.15. The molecule has 0 bridgehead atoms. The summed E-state index contributed by atoms with van der Waals surface area (Å²) in [6.07, 6.45) is -0.233. The second-order valence-electron chi connectivity index (χ2n) is 3.03. The van der Waals surface area contributed by atoms with Gasteiger partial charge in [-0.3, -0.25) is 9.59 Å². The first-order valence-electron chi connectivity index (χ1n) is 4.68. The lowest BCUT2D eigenvalue weighted by Gasteiger charge is -2.04. The van der Waals surface area contributed by atoms with Crippen LogP contribution >= 0.6 is 31.9 Å². The number of hydrogen-bond acceptors (Lipinski definition) is 3. The van der Waals surface area contributed by atoms with Gasteiger partial charge in [-0.05, 0) is 25.1 Å². The number of hydrogen-bond donors (Lipinski definition) is 0. The number of ketones is 1. The van der Waals surface area contributed by atoms with Crippen molar-refractivity contribution < 1.29 is 14.3 Å². The lowest BCUT2D eigenvalue weighted by atomic mass is 10.1. The van der Waals surface area contributed by atoms with E-state index in [2.05, 4.69) is 31.9 Å². The predicted octanol–water partition coefficient (Wildman–Crippen LogP) is 3.35. The summed E-state index contributed by atoms with van der Waals surface area (Å²) in [6.45, 7) is 1.99. The monoisotopic (exact) mass is 348 g/mol. The van der Waals surface area contributed by atoms with Crippen LogP contribution in [0.3, 0.4) is 0 Å². The second-order valence-corrected chi connectivity index (χ2v) is 4.80. The molecule has 0 aliphatic heterocycles. The van der Waals surface area contributed by atoms with Crippen molar-refractivity contribution in [1.29, 1.82) is 0 Å². The molecule has 16 heavy (non-hydrogen) atoms. The van der Waals surface area contributed by atoms with Gasteiger partial charge in [-0.25, -0.2) is 0 Å². The van der Waals surface area contributed by atoms with Gasteiger partial charge >= 0.3 is 5.97 Å². The summed E-state index contributed by atoms with van der Waals surface area (Å²) < 4.78 is 6.18. The molecular formula is C11H10Br2O3. The zero-order valence-electron chi connectivity index (χ0n) is 8.63. The summed E-state index contributed by atoms with van der Waals surface area (Å²) in [7, 11) is 0. The van der Waals surface area contributed by atoms with Crippen LogP contribution in [-0.4, -0.2) is 18.4 Å². The molecule has 0 aliphatic rings. The molecule has 0 aliphatic carbocycles. The molecule has 1 aromatic rings. The number of rotatable bonds is 4. The molecule has 0 fully saturated rings. The van der Waals surface area contributed by atoms with Crippen LogP contribution in [0, 0.1) is 0 Å². The van der Waals surface area contributed by atoms with Gasteiger partial charge in [0.2, 0.25) is 0 Å². The van der Waals surface area contributed by atoms with Crippen LogP contribution in [0.25, 0.3) is 0 Å². The maximum Gasteiger partial charge on any atom is 0.313 e. The Bertz CT molecular complexity index is 416. The van der Waals surface area contributed by atoms with Crippen molar-refractivity contribution in [3.8, 4) is 0 Å². The van der Waals surface area contributed by atoms with Crippen molar-refractivity contribution in [3.63, 3.8) is 0 Å². The molecule has 0 spiro atoms. The van der Waals surface area contributed by atoms with E-state index in [-0.39, 0.29) is 18.8 Å². The number of esters is 1. The Balaban J connectivity index is 2.80. The Morgan fingerprint density at radius 1 is 1.31 bits per heavy atom. The van der Waals surface area contributed by atoms with E-state index < -0.39 is 5.97 Å². The lowest BCUT2D eigenvalue weighted by Crippen LogP contribution is -2.11. The lowest BCUT2D eigenvalue weighted by molar-refractivity contribution is -0.141. The number of Topliss-reactive ketones (excluding diaryl/α,β-unsaturated/α-hetero) is 1. The summed E-state index contributed by atoms with van der Waals surface area (Å²) in [5.41, 5.74) is 0.474. The van der Waals surface area contributed by atoms with Gasteiger partial charge in [0, 0.05) is 14.5 Å². The van der Waals surface area contributed by atoms with Crippen molar-refractivity contribution in [1.82, 2.24) is 0 Å². The third kappa shape index (κ3) is 3.72. The van der Waals surface area contributed by atoms with Crippen molar-refractivity contribution >= 4 is 43.6 Å². The average molecular weight is 350 g/mol. The fraction of sp³-hybridized carbons (Fsp3) is 0.273. The molecule has 5 heteroatoms. The zero-order chi connectivity index (χ0) is 12.1. The van der Waals surface area contributed by atoms with E-state index >= 15 is 0 Å². The molecule has 0 radical (unpaired) electrons. The van der Waals surface area contributed by atoms with E-state index in [1.54, 1.807) is 19.1 Å². The van der Waals surface area contributed by atoms with Gasteiger partial charge in [-0.1, -0.05) is 31.9 Å². The van der Waals surface area contributed by atoms with Crippen LogP contribution in [0.1, 0.15) is 23.7 Å². The molecule has 0 saturated heterocycles. The standard InChI is InChI=1S/C11H10Br2O3/c1-2-16-11(15)6-10(14)8-5-7(12)3-4-9(8)13/h3-5H,2,6H2,1H3. The zero-order valence-corrected chi connectivity index (χ0v) is 11.8. The normalized spacial score (nSPS) is 9.94. The highest BCUT2D eigenvalue weighted by molar-refractivity contribution is 9.11. The van der Waals surface area contributed by atoms with E-state index in [1.807, 2.05) is 6.07 Å². The second kappa shape index (κ2) is 6.15. The first-order valence-corrected chi connectivity index (χ1v) is 6.27. The van der Waals surface area contributed by atoms with Crippen molar-refractivity contribution in [2.75, 3.05) is 6.61 Å². The van der Waals surface area contributed by atoms with Crippen molar-refractivity contribution in [2.24, 2.45) is 0 Å². The van der Waals surface area contributed by atoms with Gasteiger partial charge in [-0.2, -0.15) is 0 Å². The predicted molar refractivity (Wildman–Crippen MR) is 67.4 cm³/mol. The quantitative estimate of drug-likeness (QED) is 0.475. The van der Waals surface area contributed by atoms with Crippen LogP contribution in [0.4, 0.5) is 0 Å². The highest BCUT2D eigenvalue weighted by Crippen LogP contribution is 2.22. The maximum atomic E-state index is 11.8. The van der Waals surface area contributed by atoms with Crippen LogP contribution in [-0.2, 0) is 9.53 Å². The van der Waals surface area contributed by atoms with Crippen LogP contribution in [0.2, 0.25) is 0 Å². The van der Waals surface area contributed by atoms with Crippen molar-refractivity contribution in [3.05, 3.63) is 32.7 Å². The van der Waals surface area contributed by atoms with Gasteiger partial charge in [0.15, 0.2) is 5.78 Å². The van der Waals surface area contributed by atoms with Gasteiger partial charge in [0.1, 0.15) is 6.42 Å². The minimum Gasteiger partial charge on any atom is -0.466 e. The van der Waals surface area contributed by atoms with Gasteiger partial charge in [0.25, 0.3) is 0 Å². The first kappa shape index (κ1) is 13.4. The molecule has 0 aromatic heterocycles. The first-order chi connectivity index (χ1) is 7.54. The Morgan fingerprint density at radius 2 is 2.00 bits per heavy atom. The van der Waals surface area contributed by atoms with Gasteiger partial charge in [0.05, 0.1) is 6.61 Å². The fourth-order valence-electron chi connectivity index (χ4n) is 1.15. The van der Waals surface area contributed by atoms with Crippen LogP contribution in [0.5, 0.6) is 0 Å². The number of benzene rings is 1. The highest BCUT2D eigenvalue weighted by atomic mass is 79.9. The molecule has 86 valence electrons. The van der Waals surface area contributed by atoms with Crippen molar-refractivity contribution in [2.45, 2.75) is 13.3 Å². The fourth-order valence-corrected chi connectivity index (χ4v) is 1.98. The summed E-state index contributed by atoms with van der Waals surface area (Å²) in [6, 6.07) is 5.24. The third-order valence-corrected chi connectivity index (χ3v) is 3.02. The summed E-state index contributed by atoms with van der Waals surface area (Å²) in [5.74, 6) is -0.758. The molecule has 1 rings (SSSR count). The molecule has 0 amide bonds. The Hall–Kier alpha value is -0.680. The Labute approximate surface area is 110 Å². The SMILES string of the molecule is CCOC(=O)CC(=O)c1cc(Br)ccc1Br. The van der Waals surface area contributed by atoms with Gasteiger partial charge < -0.3 is 4.74 Å². The number of ether oxygens (including phenoxy) is 1. The summed E-state index contributed by atoms with van der Waals surface area (Å²) in [5, 5.41) is 0. The largest absolute Gasteiger partial charge is 0.466 e. The van der Waals surface area contributed by atoms with E-state index in [0.717, 1.165) is 4.47 Å². The molecule has 0 atom stereocenters. The summed E-state index contributed by atoms with van der Waals surface area (Å²) in [4.78, 5) is 22.9. The van der Waals surface area contributed by atoms with E-state index in [1.165, 1.54) is 0 Å². The third-order valence-electron chi connectivity index (χ3n) is 1.84. The van der Waals surface area contributed by atoms with Crippen LogP contribution < -0.4 is 0 Å². The Morgan fingerprint density at radius 3 is 2.62 bits per heavy atom. The number of carbonyl (C=O) groups is 2. The molecule has 0 saturated carbocycles. The van der Waals surface area contributed by atoms with Crippen LogP contribution in [0.15, 0.2) is 27.1 Å².